The van der Waals surface area contributed by atoms with Crippen LogP contribution in [0.3, 0.4) is 0 Å². The molecular weight excluding hydrogens is 341 g/mol. The van der Waals surface area contributed by atoms with Crippen molar-refractivity contribution in [2.45, 2.75) is 0 Å². The van der Waals surface area contributed by atoms with Crippen molar-refractivity contribution in [3.8, 4) is 17.0 Å². The molecule has 3 aromatic rings. The Balaban J connectivity index is 1.87. The molecular formula is C18H12FN3O4. The summed E-state index contributed by atoms with van der Waals surface area (Å²) in [5.74, 6) is -1.71. The third-order valence-electron chi connectivity index (χ3n) is 4.19. The minimum Gasteiger partial charge on any atom is -0.334 e. The van der Waals surface area contributed by atoms with Gasteiger partial charge in [-0.2, -0.15) is 5.10 Å². The third-order valence-corrected chi connectivity index (χ3v) is 4.19. The molecule has 0 fully saturated rings. The summed E-state index contributed by atoms with van der Waals surface area (Å²) in [7, 11) is 1.51. The van der Waals surface area contributed by atoms with E-state index < -0.39 is 17.6 Å². The van der Waals surface area contributed by atoms with Gasteiger partial charge < -0.3 is 4.89 Å². The van der Waals surface area contributed by atoms with Crippen molar-refractivity contribution in [1.82, 2.24) is 9.78 Å². The fourth-order valence-electron chi connectivity index (χ4n) is 3.00. The second-order valence-corrected chi connectivity index (χ2v) is 5.71. The molecule has 1 aromatic heterocycles. The minimum absolute atomic E-state index is 0.0157. The van der Waals surface area contributed by atoms with E-state index in [1.807, 2.05) is 0 Å². The van der Waals surface area contributed by atoms with Crippen molar-refractivity contribution in [3.63, 3.8) is 0 Å². The van der Waals surface area contributed by atoms with Crippen molar-refractivity contribution in [3.05, 3.63) is 65.5 Å². The van der Waals surface area contributed by atoms with Crippen LogP contribution in [0.2, 0.25) is 0 Å². The molecule has 1 N–H and O–H groups in total. The highest BCUT2D eigenvalue weighted by Crippen LogP contribution is 2.40. The second-order valence-electron chi connectivity index (χ2n) is 5.71. The summed E-state index contributed by atoms with van der Waals surface area (Å²) in [6.07, 6.45) is 0. The lowest BCUT2D eigenvalue weighted by atomic mass is 10.1. The predicted molar refractivity (Wildman–Crippen MR) is 89.4 cm³/mol. The quantitative estimate of drug-likeness (QED) is 0.445. The van der Waals surface area contributed by atoms with E-state index in [0.717, 1.165) is 4.90 Å². The zero-order valence-corrected chi connectivity index (χ0v) is 13.5. The Morgan fingerprint density at radius 3 is 2.12 bits per heavy atom. The fourth-order valence-corrected chi connectivity index (χ4v) is 3.00. The highest BCUT2D eigenvalue weighted by Gasteiger charge is 2.41. The van der Waals surface area contributed by atoms with Gasteiger partial charge in [0.2, 0.25) is 5.75 Å². The van der Waals surface area contributed by atoms with Gasteiger partial charge in [-0.25, -0.2) is 19.2 Å². The van der Waals surface area contributed by atoms with Crippen molar-refractivity contribution < 1.29 is 24.1 Å². The summed E-state index contributed by atoms with van der Waals surface area (Å²) >= 11 is 0. The lowest BCUT2D eigenvalue weighted by Gasteiger charge is -2.14. The number of fused-ring (bicyclic) bond motifs is 1. The number of imide groups is 1. The van der Waals surface area contributed by atoms with Gasteiger partial charge in [0.1, 0.15) is 11.5 Å². The number of nitrogens with zero attached hydrogens (tertiary/aromatic N) is 3. The van der Waals surface area contributed by atoms with Crippen LogP contribution in [0, 0.1) is 5.82 Å². The van der Waals surface area contributed by atoms with Crippen LogP contribution < -0.4 is 9.79 Å². The number of anilines is 1. The molecule has 0 spiro atoms. The number of hydrogen-bond donors (Lipinski definition) is 1. The Kier molecular flexibility index (Phi) is 3.55. The van der Waals surface area contributed by atoms with Crippen LogP contribution in [-0.2, 0) is 7.05 Å². The van der Waals surface area contributed by atoms with Crippen molar-refractivity contribution in [1.29, 1.82) is 0 Å². The fraction of sp³-hybridized carbons (Fsp3) is 0.0556. The van der Waals surface area contributed by atoms with Gasteiger partial charge in [0.25, 0.3) is 11.8 Å². The van der Waals surface area contributed by atoms with Gasteiger partial charge >= 0.3 is 0 Å². The van der Waals surface area contributed by atoms with Crippen LogP contribution in [0.5, 0.6) is 5.75 Å². The zero-order valence-electron chi connectivity index (χ0n) is 13.5. The number of carbonyl (C=O) groups excluding carboxylic acids is 2. The maximum Gasteiger partial charge on any atom is 0.267 e. The Labute approximate surface area is 146 Å². The van der Waals surface area contributed by atoms with Crippen LogP contribution in [0.4, 0.5) is 10.2 Å². The molecule has 1 aliphatic heterocycles. The van der Waals surface area contributed by atoms with E-state index in [1.54, 1.807) is 24.3 Å². The summed E-state index contributed by atoms with van der Waals surface area (Å²) in [6.45, 7) is 0. The monoisotopic (exact) mass is 353 g/mol. The van der Waals surface area contributed by atoms with E-state index in [1.165, 1.54) is 36.0 Å². The van der Waals surface area contributed by atoms with E-state index in [4.69, 9.17) is 0 Å². The molecule has 2 heterocycles. The van der Waals surface area contributed by atoms with Gasteiger partial charge in [-0.1, -0.05) is 12.1 Å². The third kappa shape index (κ3) is 2.20. The second kappa shape index (κ2) is 5.78. The number of benzene rings is 2. The summed E-state index contributed by atoms with van der Waals surface area (Å²) in [4.78, 5) is 30.8. The molecule has 0 atom stereocenters. The van der Waals surface area contributed by atoms with E-state index in [9.17, 15) is 19.2 Å². The van der Waals surface area contributed by atoms with Crippen LogP contribution in [0.15, 0.2) is 48.5 Å². The van der Waals surface area contributed by atoms with Gasteiger partial charge in [0.05, 0.1) is 11.1 Å². The summed E-state index contributed by atoms with van der Waals surface area (Å²) < 4.78 is 14.4. The van der Waals surface area contributed by atoms with E-state index in [-0.39, 0.29) is 28.4 Å². The molecule has 0 radical (unpaired) electrons. The summed E-state index contributed by atoms with van der Waals surface area (Å²) in [5, 5.41) is 13.6. The molecule has 0 bridgehead atoms. The normalized spacial score (nSPS) is 13.3. The van der Waals surface area contributed by atoms with Gasteiger partial charge in [0, 0.05) is 12.6 Å². The molecule has 2 amide bonds. The first-order chi connectivity index (χ1) is 12.5. The van der Waals surface area contributed by atoms with Gasteiger partial charge in [-0.05, 0) is 36.4 Å². The number of rotatable bonds is 3. The van der Waals surface area contributed by atoms with Crippen LogP contribution in [0.1, 0.15) is 20.7 Å². The Hall–Kier alpha value is -3.52. The first-order valence-electron chi connectivity index (χ1n) is 7.65. The lowest BCUT2D eigenvalue weighted by molar-refractivity contribution is -0.136. The first-order valence-corrected chi connectivity index (χ1v) is 7.65. The van der Waals surface area contributed by atoms with Gasteiger partial charge in [-0.15, -0.1) is 0 Å². The Bertz CT molecular complexity index is 1010. The highest BCUT2D eigenvalue weighted by molar-refractivity contribution is 6.34. The molecule has 2 aromatic carbocycles. The topological polar surface area (TPSA) is 84.7 Å². The minimum atomic E-state index is -0.544. The van der Waals surface area contributed by atoms with Gasteiger partial charge in [0.15, 0.2) is 5.82 Å². The van der Waals surface area contributed by atoms with Gasteiger partial charge in [-0.3, -0.25) is 9.59 Å². The van der Waals surface area contributed by atoms with E-state index >= 15 is 0 Å². The van der Waals surface area contributed by atoms with E-state index in [2.05, 4.69) is 9.99 Å². The largest absolute Gasteiger partial charge is 0.334 e. The number of amides is 2. The maximum absolute atomic E-state index is 13.2. The first kappa shape index (κ1) is 16.0. The molecule has 4 rings (SSSR count). The molecule has 26 heavy (non-hydrogen) atoms. The zero-order chi connectivity index (χ0) is 18.4. The number of carbonyl (C=O) groups is 2. The molecule has 0 saturated heterocycles. The van der Waals surface area contributed by atoms with Crippen LogP contribution in [-0.4, -0.2) is 26.9 Å². The summed E-state index contributed by atoms with van der Waals surface area (Å²) in [6, 6.07) is 11.8. The maximum atomic E-state index is 13.2. The van der Waals surface area contributed by atoms with Crippen LogP contribution in [0.25, 0.3) is 11.3 Å². The molecule has 7 nitrogen and oxygen atoms in total. The Morgan fingerprint density at radius 1 is 1.00 bits per heavy atom. The molecule has 130 valence electrons. The SMILES string of the molecule is Cn1nc(-c2ccc(F)cc2)c(OO)c1N1C(=O)c2ccccc2C1=O. The van der Waals surface area contributed by atoms with E-state index in [0.29, 0.717) is 5.56 Å². The molecule has 0 saturated carbocycles. The molecule has 8 heteroatoms. The number of halogens is 1. The number of aromatic nitrogens is 2. The van der Waals surface area contributed by atoms with Crippen molar-refractivity contribution in [2.24, 2.45) is 7.05 Å². The summed E-state index contributed by atoms with van der Waals surface area (Å²) in [5.41, 5.74) is 1.13. The molecule has 0 unspecified atom stereocenters. The lowest BCUT2D eigenvalue weighted by Crippen LogP contribution is -2.31. The average Bonchev–Trinajstić information content (AvgIpc) is 3.10. The van der Waals surface area contributed by atoms with Crippen molar-refractivity contribution in [2.75, 3.05) is 4.90 Å². The Morgan fingerprint density at radius 2 is 1.58 bits per heavy atom. The highest BCUT2D eigenvalue weighted by atomic mass is 19.1. The standard InChI is InChI=1S/C18H12FN3O4/c1-21-16(22-17(23)12-4-2-3-5-13(12)18(22)24)15(26-25)14(20-21)10-6-8-11(19)9-7-10/h2-9,25H,1H3. The molecule has 0 aliphatic carbocycles. The van der Waals surface area contributed by atoms with Crippen molar-refractivity contribution >= 4 is 17.6 Å². The van der Waals surface area contributed by atoms with Crippen LogP contribution >= 0.6 is 0 Å². The number of aryl methyl sites for hydroxylation is 1. The average molecular weight is 353 g/mol. The predicted octanol–water partition coefficient (Wildman–Crippen LogP) is 2.88. The molecule has 1 aliphatic rings. The number of hydrogen-bond acceptors (Lipinski definition) is 5. The smallest absolute Gasteiger partial charge is 0.267 e.